The second-order valence-corrected chi connectivity index (χ2v) is 6.23. The third kappa shape index (κ3) is 4.29. The predicted molar refractivity (Wildman–Crippen MR) is 92.0 cm³/mol. The van der Waals surface area contributed by atoms with Gasteiger partial charge in [-0.05, 0) is 69.3 Å². The summed E-state index contributed by atoms with van der Waals surface area (Å²) in [7, 11) is 0. The lowest BCUT2D eigenvalue weighted by molar-refractivity contribution is 0.0599. The molecule has 2 aromatic rings. The molecule has 0 aromatic heterocycles. The summed E-state index contributed by atoms with van der Waals surface area (Å²) < 4.78 is 5.47. The molecule has 0 atom stereocenters. The van der Waals surface area contributed by atoms with Crippen LogP contribution < -0.4 is 4.90 Å². The molecular weight excluding hydrogens is 306 g/mol. The number of ether oxygens (including phenoxy) is 1. The van der Waals surface area contributed by atoms with E-state index in [1.165, 1.54) is 4.90 Å². The van der Waals surface area contributed by atoms with Crippen LogP contribution >= 0.6 is 0 Å². The summed E-state index contributed by atoms with van der Waals surface area (Å²) >= 11 is 0. The Labute approximate surface area is 140 Å². The maximum absolute atomic E-state index is 12.6. The first-order chi connectivity index (χ1) is 11.3. The Bertz CT molecular complexity index is 676. The van der Waals surface area contributed by atoms with Gasteiger partial charge in [0.2, 0.25) is 0 Å². The molecule has 24 heavy (non-hydrogen) atoms. The monoisotopic (exact) mass is 325 g/mol. The molecule has 0 aliphatic rings. The van der Waals surface area contributed by atoms with Gasteiger partial charge in [-0.1, -0.05) is 0 Å². The number of hydrogen-bond acceptors (Lipinski definition) is 4. The normalized spacial score (nSPS) is 10.8. The van der Waals surface area contributed by atoms with Gasteiger partial charge < -0.3 is 4.74 Å². The van der Waals surface area contributed by atoms with E-state index in [0.717, 1.165) is 12.6 Å². The molecule has 0 aliphatic heterocycles. The van der Waals surface area contributed by atoms with Crippen molar-refractivity contribution in [1.82, 2.24) is 0 Å². The third-order valence-electron chi connectivity index (χ3n) is 3.15. The molecule has 0 heterocycles. The molecule has 0 unspecified atom stereocenters. The Hall–Kier alpha value is -2.95. The van der Waals surface area contributed by atoms with Crippen LogP contribution in [0.2, 0.25) is 0 Å². The molecule has 0 bridgehead atoms. The van der Waals surface area contributed by atoms with Crippen LogP contribution in [-0.2, 0) is 4.74 Å². The van der Waals surface area contributed by atoms with Crippen LogP contribution in [0.5, 0.6) is 0 Å². The van der Waals surface area contributed by atoms with Gasteiger partial charge in [0.05, 0.1) is 11.4 Å². The standard InChI is InChI=1S/C19H19NO4/c1-19(2,3)24-18(23)20(16-8-4-14(12-21)5-9-16)17-10-6-15(13-22)7-11-17/h4-13H,1-3H3. The quantitative estimate of drug-likeness (QED) is 0.782. The maximum Gasteiger partial charge on any atom is 0.419 e. The lowest BCUT2D eigenvalue weighted by atomic mass is 10.1. The molecule has 0 fully saturated rings. The van der Waals surface area contributed by atoms with Crippen molar-refractivity contribution in [3.05, 3.63) is 59.7 Å². The second-order valence-electron chi connectivity index (χ2n) is 6.23. The first-order valence-electron chi connectivity index (χ1n) is 7.47. The zero-order chi connectivity index (χ0) is 17.7. The van der Waals surface area contributed by atoms with Gasteiger partial charge in [-0.3, -0.25) is 9.59 Å². The number of hydrogen-bond donors (Lipinski definition) is 0. The van der Waals surface area contributed by atoms with Crippen LogP contribution in [0.25, 0.3) is 0 Å². The summed E-state index contributed by atoms with van der Waals surface area (Å²) in [6.45, 7) is 5.36. The molecule has 0 saturated heterocycles. The molecule has 5 nitrogen and oxygen atoms in total. The van der Waals surface area contributed by atoms with Crippen molar-refractivity contribution in [2.24, 2.45) is 0 Å². The minimum atomic E-state index is -0.652. The Balaban J connectivity index is 2.44. The minimum absolute atomic E-state index is 0.513. The van der Waals surface area contributed by atoms with Crippen LogP contribution in [0, 0.1) is 0 Å². The zero-order valence-corrected chi connectivity index (χ0v) is 13.9. The number of nitrogens with zero attached hydrogens (tertiary/aromatic N) is 1. The van der Waals surface area contributed by atoms with Gasteiger partial charge in [-0.25, -0.2) is 9.69 Å². The summed E-state index contributed by atoms with van der Waals surface area (Å²) in [6.07, 6.45) is 0.932. The first kappa shape index (κ1) is 17.4. The molecule has 2 rings (SSSR count). The molecule has 0 N–H and O–H groups in total. The lowest BCUT2D eigenvalue weighted by Gasteiger charge is -2.27. The van der Waals surface area contributed by atoms with E-state index in [4.69, 9.17) is 4.74 Å². The minimum Gasteiger partial charge on any atom is -0.443 e. The van der Waals surface area contributed by atoms with Crippen molar-refractivity contribution in [3.63, 3.8) is 0 Å². The van der Waals surface area contributed by atoms with Crippen LogP contribution in [0.3, 0.4) is 0 Å². The highest BCUT2D eigenvalue weighted by atomic mass is 16.6. The van der Waals surface area contributed by atoms with Gasteiger partial charge in [0.1, 0.15) is 18.2 Å². The van der Waals surface area contributed by atoms with Crippen molar-refractivity contribution in [3.8, 4) is 0 Å². The van der Waals surface area contributed by atoms with E-state index in [0.29, 0.717) is 22.5 Å². The van der Waals surface area contributed by atoms with E-state index in [-0.39, 0.29) is 0 Å². The van der Waals surface area contributed by atoms with E-state index >= 15 is 0 Å². The van der Waals surface area contributed by atoms with Crippen molar-refractivity contribution in [1.29, 1.82) is 0 Å². The number of carbonyl (C=O) groups is 3. The molecule has 0 radical (unpaired) electrons. The van der Waals surface area contributed by atoms with Crippen molar-refractivity contribution < 1.29 is 19.1 Å². The fourth-order valence-electron chi connectivity index (χ4n) is 2.07. The van der Waals surface area contributed by atoms with Gasteiger partial charge in [-0.15, -0.1) is 0 Å². The highest BCUT2D eigenvalue weighted by Gasteiger charge is 2.24. The fraction of sp³-hybridized carbons (Fsp3) is 0.211. The molecule has 5 heteroatoms. The van der Waals surface area contributed by atoms with Gasteiger partial charge in [-0.2, -0.15) is 0 Å². The number of amides is 1. The Morgan fingerprint density at radius 3 is 1.50 bits per heavy atom. The van der Waals surface area contributed by atoms with E-state index in [2.05, 4.69) is 0 Å². The number of carbonyl (C=O) groups excluding carboxylic acids is 3. The highest BCUT2D eigenvalue weighted by molar-refractivity contribution is 5.96. The van der Waals surface area contributed by atoms with E-state index < -0.39 is 11.7 Å². The third-order valence-corrected chi connectivity index (χ3v) is 3.15. The summed E-state index contributed by atoms with van der Waals surface area (Å²) in [5.41, 5.74) is 1.50. The van der Waals surface area contributed by atoms with Crippen molar-refractivity contribution >= 4 is 30.0 Å². The Morgan fingerprint density at radius 1 is 0.833 bits per heavy atom. The SMILES string of the molecule is CC(C)(C)OC(=O)N(c1ccc(C=O)cc1)c1ccc(C=O)cc1. The highest BCUT2D eigenvalue weighted by Crippen LogP contribution is 2.28. The van der Waals surface area contributed by atoms with E-state index in [9.17, 15) is 14.4 Å². The van der Waals surface area contributed by atoms with Gasteiger partial charge in [0.15, 0.2) is 0 Å². The van der Waals surface area contributed by atoms with Crippen LogP contribution in [0.15, 0.2) is 48.5 Å². The largest absolute Gasteiger partial charge is 0.443 e. The number of anilines is 2. The number of aldehydes is 2. The van der Waals surface area contributed by atoms with E-state index in [1.807, 2.05) is 0 Å². The average molecular weight is 325 g/mol. The molecule has 0 saturated carbocycles. The molecule has 0 aliphatic carbocycles. The van der Waals surface area contributed by atoms with Crippen molar-refractivity contribution in [2.45, 2.75) is 26.4 Å². The van der Waals surface area contributed by atoms with Gasteiger partial charge in [0.25, 0.3) is 0 Å². The van der Waals surface area contributed by atoms with Crippen LogP contribution in [0.1, 0.15) is 41.5 Å². The summed E-state index contributed by atoms with van der Waals surface area (Å²) in [6, 6.07) is 13.2. The molecule has 124 valence electrons. The Morgan fingerprint density at radius 2 is 1.21 bits per heavy atom. The van der Waals surface area contributed by atoms with Crippen LogP contribution in [0.4, 0.5) is 16.2 Å². The smallest absolute Gasteiger partial charge is 0.419 e. The summed E-state index contributed by atoms with van der Waals surface area (Å²) in [4.78, 5) is 35.7. The lowest BCUT2D eigenvalue weighted by Crippen LogP contribution is -2.33. The second kappa shape index (κ2) is 7.08. The van der Waals surface area contributed by atoms with Crippen LogP contribution in [-0.4, -0.2) is 24.3 Å². The number of benzene rings is 2. The fourth-order valence-corrected chi connectivity index (χ4v) is 2.07. The zero-order valence-electron chi connectivity index (χ0n) is 13.9. The summed E-state index contributed by atoms with van der Waals surface area (Å²) in [5, 5.41) is 0. The first-order valence-corrected chi connectivity index (χ1v) is 7.47. The number of rotatable bonds is 4. The molecule has 2 aromatic carbocycles. The molecular formula is C19H19NO4. The topological polar surface area (TPSA) is 63.7 Å². The molecule has 0 spiro atoms. The molecule has 1 amide bonds. The maximum atomic E-state index is 12.6. The average Bonchev–Trinajstić information content (AvgIpc) is 2.55. The van der Waals surface area contributed by atoms with Gasteiger partial charge in [0, 0.05) is 11.1 Å². The van der Waals surface area contributed by atoms with Crippen molar-refractivity contribution in [2.75, 3.05) is 4.90 Å². The Kier molecular flexibility index (Phi) is 5.14. The summed E-state index contributed by atoms with van der Waals surface area (Å²) in [5.74, 6) is 0. The predicted octanol–water partition coefficient (Wildman–Crippen LogP) is 4.38. The van der Waals surface area contributed by atoms with E-state index in [1.54, 1.807) is 69.3 Å². The van der Waals surface area contributed by atoms with Gasteiger partial charge >= 0.3 is 6.09 Å².